The van der Waals surface area contributed by atoms with Crippen molar-refractivity contribution in [1.82, 2.24) is 5.32 Å². The van der Waals surface area contributed by atoms with Crippen molar-refractivity contribution in [3.05, 3.63) is 94.1 Å². The van der Waals surface area contributed by atoms with Crippen molar-refractivity contribution >= 4 is 41.2 Å². The number of benzene rings is 3. The summed E-state index contributed by atoms with van der Waals surface area (Å²) in [6, 6.07) is 16.7. The Kier molecular flexibility index (Phi) is 7.20. The van der Waals surface area contributed by atoms with E-state index in [-0.39, 0.29) is 18.1 Å². The highest BCUT2D eigenvalue weighted by atomic mass is 16.5. The molecule has 0 saturated carbocycles. The number of carbonyl (C=O) groups is 4. The number of rotatable bonds is 6. The summed E-state index contributed by atoms with van der Waals surface area (Å²) in [6.07, 6.45) is 1.39. The Bertz CT molecular complexity index is 1460. The van der Waals surface area contributed by atoms with Gasteiger partial charge in [-0.2, -0.15) is 0 Å². The summed E-state index contributed by atoms with van der Waals surface area (Å²) in [4.78, 5) is 51.5. The van der Waals surface area contributed by atoms with Crippen molar-refractivity contribution in [3.8, 4) is 5.75 Å². The Morgan fingerprint density at radius 2 is 1.68 bits per heavy atom. The van der Waals surface area contributed by atoms with Gasteiger partial charge in [-0.25, -0.2) is 9.69 Å². The predicted octanol–water partition coefficient (Wildman–Crippen LogP) is 4.60. The van der Waals surface area contributed by atoms with E-state index in [2.05, 4.69) is 10.6 Å². The molecule has 0 unspecified atom stereocenters. The molecule has 0 aromatic heterocycles. The number of urea groups is 1. The highest BCUT2D eigenvalue weighted by molar-refractivity contribution is 6.39. The van der Waals surface area contributed by atoms with Gasteiger partial charge in [0.15, 0.2) is 6.61 Å². The number of aryl methyl sites for hydroxylation is 3. The largest absolute Gasteiger partial charge is 0.484 e. The fraction of sp³-hybridized carbons (Fsp3) is 0.172. The SMILES string of the molecule is Cc1ccc(N2C(=O)NC(=O)/C(=C/c3cccc(OCC(=O)Nc4cccc(C)c4C)c3)C2=O)cc1C. The van der Waals surface area contributed by atoms with Crippen LogP contribution in [-0.2, 0) is 14.4 Å². The summed E-state index contributed by atoms with van der Waals surface area (Å²) in [5.74, 6) is -1.44. The molecule has 0 aliphatic carbocycles. The van der Waals surface area contributed by atoms with E-state index in [0.717, 1.165) is 32.8 Å². The molecule has 3 aromatic rings. The lowest BCUT2D eigenvalue weighted by molar-refractivity contribution is -0.122. The van der Waals surface area contributed by atoms with Crippen LogP contribution in [0.5, 0.6) is 5.75 Å². The zero-order chi connectivity index (χ0) is 26.7. The van der Waals surface area contributed by atoms with Gasteiger partial charge < -0.3 is 10.1 Å². The maximum absolute atomic E-state index is 13.2. The number of ether oxygens (including phenoxy) is 1. The minimum atomic E-state index is -0.803. The Morgan fingerprint density at radius 3 is 2.43 bits per heavy atom. The molecule has 0 radical (unpaired) electrons. The van der Waals surface area contributed by atoms with E-state index in [9.17, 15) is 19.2 Å². The van der Waals surface area contributed by atoms with Crippen LogP contribution in [0, 0.1) is 27.7 Å². The second kappa shape index (κ2) is 10.5. The monoisotopic (exact) mass is 497 g/mol. The second-order valence-corrected chi connectivity index (χ2v) is 8.88. The molecule has 2 N–H and O–H groups in total. The number of nitrogens with zero attached hydrogens (tertiary/aromatic N) is 1. The number of anilines is 2. The van der Waals surface area contributed by atoms with Gasteiger partial charge in [0.1, 0.15) is 11.3 Å². The topological polar surface area (TPSA) is 105 Å². The molecular weight excluding hydrogens is 470 g/mol. The molecule has 8 heteroatoms. The minimum Gasteiger partial charge on any atom is -0.484 e. The summed E-state index contributed by atoms with van der Waals surface area (Å²) in [6.45, 7) is 7.48. The van der Waals surface area contributed by atoms with Gasteiger partial charge in [0, 0.05) is 5.69 Å². The summed E-state index contributed by atoms with van der Waals surface area (Å²) in [5.41, 5.74) is 5.37. The van der Waals surface area contributed by atoms with Crippen molar-refractivity contribution in [2.45, 2.75) is 27.7 Å². The molecule has 1 aliphatic rings. The summed E-state index contributed by atoms with van der Waals surface area (Å²) in [7, 11) is 0. The number of carbonyl (C=O) groups excluding carboxylic acids is 4. The van der Waals surface area contributed by atoms with Crippen LogP contribution in [0.1, 0.15) is 27.8 Å². The van der Waals surface area contributed by atoms with Crippen molar-refractivity contribution in [2.75, 3.05) is 16.8 Å². The molecule has 5 amide bonds. The Labute approximate surface area is 214 Å². The van der Waals surface area contributed by atoms with Crippen LogP contribution in [0.25, 0.3) is 6.08 Å². The zero-order valence-electron chi connectivity index (χ0n) is 21.0. The smallest absolute Gasteiger partial charge is 0.335 e. The van der Waals surface area contributed by atoms with Gasteiger partial charge in [-0.15, -0.1) is 0 Å². The highest BCUT2D eigenvalue weighted by Gasteiger charge is 2.36. The van der Waals surface area contributed by atoms with E-state index >= 15 is 0 Å². The normalized spacial score (nSPS) is 14.5. The number of amides is 5. The Morgan fingerprint density at radius 1 is 0.919 bits per heavy atom. The van der Waals surface area contributed by atoms with Crippen LogP contribution >= 0.6 is 0 Å². The van der Waals surface area contributed by atoms with Crippen molar-refractivity contribution in [1.29, 1.82) is 0 Å². The molecule has 188 valence electrons. The lowest BCUT2D eigenvalue weighted by Crippen LogP contribution is -2.54. The zero-order valence-corrected chi connectivity index (χ0v) is 21.0. The summed E-state index contributed by atoms with van der Waals surface area (Å²) >= 11 is 0. The van der Waals surface area contributed by atoms with Gasteiger partial charge in [-0.1, -0.05) is 30.3 Å². The third-order valence-electron chi connectivity index (χ3n) is 6.27. The molecule has 1 fully saturated rings. The number of hydrogen-bond donors (Lipinski definition) is 2. The van der Waals surface area contributed by atoms with Gasteiger partial charge in [0.05, 0.1) is 5.69 Å². The van der Waals surface area contributed by atoms with Gasteiger partial charge in [0.2, 0.25) is 0 Å². The second-order valence-electron chi connectivity index (χ2n) is 8.88. The first-order valence-electron chi connectivity index (χ1n) is 11.7. The van der Waals surface area contributed by atoms with Crippen molar-refractivity contribution < 1.29 is 23.9 Å². The number of barbiturate groups is 1. The molecule has 8 nitrogen and oxygen atoms in total. The molecule has 3 aromatic carbocycles. The Hall–Kier alpha value is -4.72. The third kappa shape index (κ3) is 5.59. The third-order valence-corrected chi connectivity index (χ3v) is 6.27. The first-order valence-corrected chi connectivity index (χ1v) is 11.7. The molecule has 0 atom stereocenters. The maximum atomic E-state index is 13.2. The van der Waals surface area contributed by atoms with E-state index in [4.69, 9.17) is 4.74 Å². The van der Waals surface area contributed by atoms with Crippen LogP contribution in [0.15, 0.2) is 66.2 Å². The fourth-order valence-corrected chi connectivity index (χ4v) is 3.84. The van der Waals surface area contributed by atoms with E-state index in [1.54, 1.807) is 36.4 Å². The van der Waals surface area contributed by atoms with Crippen molar-refractivity contribution in [2.24, 2.45) is 0 Å². The minimum absolute atomic E-state index is 0.192. The van der Waals surface area contributed by atoms with Crippen LogP contribution in [0.4, 0.5) is 16.2 Å². The number of imide groups is 2. The van der Waals surface area contributed by atoms with Crippen LogP contribution in [0.2, 0.25) is 0 Å². The molecule has 1 heterocycles. The maximum Gasteiger partial charge on any atom is 0.335 e. The lowest BCUT2D eigenvalue weighted by Gasteiger charge is -2.26. The molecule has 0 bridgehead atoms. The standard InChI is InChI=1S/C29H27N3O5/c1-17-11-12-22(13-19(17)3)32-28(35)24(27(34)31-29(32)36)15-21-8-6-9-23(14-21)37-16-26(33)30-25-10-5-7-18(2)20(25)4/h5-15H,16H2,1-4H3,(H,30,33)(H,31,34,36)/b24-15-. The molecule has 1 aliphatic heterocycles. The molecule has 4 rings (SSSR count). The van der Waals surface area contributed by atoms with Gasteiger partial charge >= 0.3 is 6.03 Å². The lowest BCUT2D eigenvalue weighted by atomic mass is 10.0. The van der Waals surface area contributed by atoms with E-state index in [1.807, 2.05) is 52.0 Å². The Balaban J connectivity index is 1.50. The molecule has 0 spiro atoms. The van der Waals surface area contributed by atoms with E-state index in [1.165, 1.54) is 6.08 Å². The van der Waals surface area contributed by atoms with Gasteiger partial charge in [-0.05, 0) is 91.9 Å². The van der Waals surface area contributed by atoms with Crippen LogP contribution < -0.4 is 20.3 Å². The first kappa shape index (κ1) is 25.4. The quantitative estimate of drug-likeness (QED) is 0.382. The fourth-order valence-electron chi connectivity index (χ4n) is 3.84. The van der Waals surface area contributed by atoms with Gasteiger partial charge in [-0.3, -0.25) is 19.7 Å². The predicted molar refractivity (Wildman–Crippen MR) is 141 cm³/mol. The first-order chi connectivity index (χ1) is 17.6. The highest BCUT2D eigenvalue weighted by Crippen LogP contribution is 2.25. The average Bonchev–Trinajstić information content (AvgIpc) is 2.86. The van der Waals surface area contributed by atoms with E-state index in [0.29, 0.717) is 17.0 Å². The summed E-state index contributed by atoms with van der Waals surface area (Å²) < 4.78 is 5.63. The van der Waals surface area contributed by atoms with Crippen LogP contribution in [-0.4, -0.2) is 30.4 Å². The summed E-state index contributed by atoms with van der Waals surface area (Å²) in [5, 5.41) is 5.06. The van der Waals surface area contributed by atoms with Crippen LogP contribution in [0.3, 0.4) is 0 Å². The number of nitrogens with one attached hydrogen (secondary N) is 2. The average molecular weight is 498 g/mol. The molecule has 37 heavy (non-hydrogen) atoms. The molecule has 1 saturated heterocycles. The number of hydrogen-bond acceptors (Lipinski definition) is 5. The van der Waals surface area contributed by atoms with E-state index < -0.39 is 17.8 Å². The molecular formula is C29H27N3O5. The van der Waals surface area contributed by atoms with Gasteiger partial charge in [0.25, 0.3) is 17.7 Å². The van der Waals surface area contributed by atoms with Crippen molar-refractivity contribution in [3.63, 3.8) is 0 Å².